The van der Waals surface area contributed by atoms with Crippen molar-refractivity contribution < 1.29 is 0 Å². The van der Waals surface area contributed by atoms with Crippen LogP contribution in [0.25, 0.3) is 11.4 Å². The first kappa shape index (κ1) is 16.1. The van der Waals surface area contributed by atoms with Gasteiger partial charge in [0, 0.05) is 18.0 Å². The largest absolute Gasteiger partial charge is 0.317 e. The fourth-order valence-electron chi connectivity index (χ4n) is 4.83. The van der Waals surface area contributed by atoms with Gasteiger partial charge in [0.2, 0.25) is 0 Å². The maximum absolute atomic E-state index is 6.39. The first-order chi connectivity index (χ1) is 11.7. The summed E-state index contributed by atoms with van der Waals surface area (Å²) in [7, 11) is 2.11. The molecule has 2 fully saturated rings. The van der Waals surface area contributed by atoms with Crippen LogP contribution in [0.3, 0.4) is 0 Å². The molecular formula is C19H25ClN4. The highest BCUT2D eigenvalue weighted by Gasteiger charge is 2.46. The van der Waals surface area contributed by atoms with Crippen LogP contribution in [-0.4, -0.2) is 27.9 Å². The van der Waals surface area contributed by atoms with Gasteiger partial charge >= 0.3 is 0 Å². The molecule has 1 saturated heterocycles. The van der Waals surface area contributed by atoms with Crippen LogP contribution in [0.5, 0.6) is 0 Å². The molecule has 0 amide bonds. The molecule has 2 heterocycles. The highest BCUT2D eigenvalue weighted by molar-refractivity contribution is 6.33. The molecule has 128 valence electrons. The van der Waals surface area contributed by atoms with E-state index >= 15 is 0 Å². The third-order valence-corrected chi connectivity index (χ3v) is 6.38. The highest BCUT2D eigenvalue weighted by atomic mass is 35.5. The zero-order valence-electron chi connectivity index (χ0n) is 14.3. The number of nitrogens with zero attached hydrogens (tertiary/aromatic N) is 3. The van der Waals surface area contributed by atoms with Crippen molar-refractivity contribution in [2.24, 2.45) is 13.0 Å². The Morgan fingerprint density at radius 3 is 2.54 bits per heavy atom. The Hall–Kier alpha value is -1.39. The van der Waals surface area contributed by atoms with Gasteiger partial charge in [0.1, 0.15) is 5.82 Å². The molecule has 0 radical (unpaired) electrons. The number of nitrogens with one attached hydrogen (secondary N) is 1. The lowest BCUT2D eigenvalue weighted by molar-refractivity contribution is 0.199. The van der Waals surface area contributed by atoms with Crippen LogP contribution in [0.4, 0.5) is 0 Å². The summed E-state index contributed by atoms with van der Waals surface area (Å²) in [6, 6.07) is 7.91. The molecule has 0 bridgehead atoms. The van der Waals surface area contributed by atoms with Crippen LogP contribution in [0.1, 0.15) is 44.3 Å². The summed E-state index contributed by atoms with van der Waals surface area (Å²) in [5.41, 5.74) is 1.17. The second-order valence-corrected chi connectivity index (χ2v) is 7.68. The number of rotatable bonds is 3. The molecule has 4 rings (SSSR count). The predicted molar refractivity (Wildman–Crippen MR) is 97.2 cm³/mol. The molecule has 0 spiro atoms. The summed E-state index contributed by atoms with van der Waals surface area (Å²) in [4.78, 5) is 0. The Bertz CT molecular complexity index is 712. The fraction of sp³-hybridized carbons (Fsp3) is 0.579. The van der Waals surface area contributed by atoms with Gasteiger partial charge in [0.05, 0.1) is 5.02 Å². The van der Waals surface area contributed by atoms with Crippen molar-refractivity contribution in [3.05, 3.63) is 35.1 Å². The molecule has 0 unspecified atom stereocenters. The number of hydrogen-bond acceptors (Lipinski definition) is 3. The SMILES string of the molecule is Cn1c(-c2ccccc2Cl)nnc1C1(C2CCNCC2)CCCC1. The second-order valence-electron chi connectivity index (χ2n) is 7.27. The van der Waals surface area contributed by atoms with E-state index in [1.807, 2.05) is 24.3 Å². The average Bonchev–Trinajstić information content (AvgIpc) is 3.24. The quantitative estimate of drug-likeness (QED) is 0.916. The van der Waals surface area contributed by atoms with Gasteiger partial charge in [0.25, 0.3) is 0 Å². The zero-order chi connectivity index (χ0) is 16.6. The first-order valence-corrected chi connectivity index (χ1v) is 9.46. The summed E-state index contributed by atoms with van der Waals surface area (Å²) >= 11 is 6.39. The van der Waals surface area contributed by atoms with E-state index in [9.17, 15) is 0 Å². The van der Waals surface area contributed by atoms with Crippen LogP contribution < -0.4 is 5.32 Å². The standard InChI is InChI=1S/C19H25ClN4/c1-24-17(15-6-2-3-7-16(15)20)22-23-18(24)19(10-4-5-11-19)14-8-12-21-13-9-14/h2-3,6-7,14,21H,4-5,8-13H2,1H3. The van der Waals surface area contributed by atoms with Crippen LogP contribution in [0, 0.1) is 5.92 Å². The molecule has 1 aliphatic heterocycles. The van der Waals surface area contributed by atoms with Gasteiger partial charge in [-0.15, -0.1) is 10.2 Å². The van der Waals surface area contributed by atoms with Crippen molar-refractivity contribution >= 4 is 11.6 Å². The molecule has 1 saturated carbocycles. The highest BCUT2D eigenvalue weighted by Crippen LogP contribution is 2.49. The molecule has 2 aliphatic rings. The van der Waals surface area contributed by atoms with Gasteiger partial charge in [-0.2, -0.15) is 0 Å². The number of hydrogen-bond donors (Lipinski definition) is 1. The van der Waals surface area contributed by atoms with Gasteiger partial charge in [-0.1, -0.05) is 36.6 Å². The topological polar surface area (TPSA) is 42.7 Å². The lowest BCUT2D eigenvalue weighted by Crippen LogP contribution is -2.41. The number of piperidine rings is 1. The second kappa shape index (κ2) is 6.49. The van der Waals surface area contributed by atoms with E-state index in [0.717, 1.165) is 29.5 Å². The summed E-state index contributed by atoms with van der Waals surface area (Å²) in [6.45, 7) is 2.25. The van der Waals surface area contributed by atoms with E-state index in [0.29, 0.717) is 5.92 Å². The van der Waals surface area contributed by atoms with Crippen molar-refractivity contribution in [3.8, 4) is 11.4 Å². The fourth-order valence-corrected chi connectivity index (χ4v) is 5.05. The maximum Gasteiger partial charge on any atom is 0.165 e. The molecular weight excluding hydrogens is 320 g/mol. The third kappa shape index (κ3) is 2.56. The van der Waals surface area contributed by atoms with Crippen molar-refractivity contribution in [1.82, 2.24) is 20.1 Å². The van der Waals surface area contributed by atoms with Crippen molar-refractivity contribution in [3.63, 3.8) is 0 Å². The number of halogens is 1. The summed E-state index contributed by atoms with van der Waals surface area (Å²) < 4.78 is 2.20. The summed E-state index contributed by atoms with van der Waals surface area (Å²) in [5, 5.41) is 13.5. The van der Waals surface area contributed by atoms with E-state index in [2.05, 4.69) is 22.0 Å². The minimum Gasteiger partial charge on any atom is -0.317 e. The summed E-state index contributed by atoms with van der Waals surface area (Å²) in [5.74, 6) is 2.76. The van der Waals surface area contributed by atoms with Crippen molar-refractivity contribution in [2.45, 2.75) is 43.9 Å². The molecule has 1 aliphatic carbocycles. The van der Waals surface area contributed by atoms with Gasteiger partial charge in [-0.25, -0.2) is 0 Å². The molecule has 24 heavy (non-hydrogen) atoms. The van der Waals surface area contributed by atoms with E-state index in [4.69, 9.17) is 16.7 Å². The lowest BCUT2D eigenvalue weighted by atomic mass is 9.69. The normalized spacial score (nSPS) is 21.2. The third-order valence-electron chi connectivity index (χ3n) is 6.05. The average molecular weight is 345 g/mol. The monoisotopic (exact) mass is 344 g/mol. The van der Waals surface area contributed by atoms with Crippen LogP contribution in [-0.2, 0) is 12.5 Å². The van der Waals surface area contributed by atoms with Crippen LogP contribution in [0.15, 0.2) is 24.3 Å². The molecule has 4 nitrogen and oxygen atoms in total. The Labute approximate surface area is 148 Å². The van der Waals surface area contributed by atoms with Gasteiger partial charge in [-0.05, 0) is 56.8 Å². The van der Waals surface area contributed by atoms with Gasteiger partial charge in [-0.3, -0.25) is 0 Å². The maximum atomic E-state index is 6.39. The molecule has 1 N–H and O–H groups in total. The van der Waals surface area contributed by atoms with Crippen molar-refractivity contribution in [1.29, 1.82) is 0 Å². The van der Waals surface area contributed by atoms with E-state index in [1.165, 1.54) is 44.3 Å². The zero-order valence-corrected chi connectivity index (χ0v) is 15.0. The van der Waals surface area contributed by atoms with E-state index in [-0.39, 0.29) is 5.41 Å². The molecule has 0 atom stereocenters. The number of aromatic nitrogens is 3. The van der Waals surface area contributed by atoms with E-state index < -0.39 is 0 Å². The van der Waals surface area contributed by atoms with E-state index in [1.54, 1.807) is 0 Å². The van der Waals surface area contributed by atoms with Crippen LogP contribution >= 0.6 is 11.6 Å². The Morgan fingerprint density at radius 1 is 1.12 bits per heavy atom. The van der Waals surface area contributed by atoms with Gasteiger partial charge < -0.3 is 9.88 Å². The first-order valence-electron chi connectivity index (χ1n) is 9.08. The predicted octanol–water partition coefficient (Wildman–Crippen LogP) is 3.95. The Kier molecular flexibility index (Phi) is 4.35. The minimum atomic E-state index is 0.198. The summed E-state index contributed by atoms with van der Waals surface area (Å²) in [6.07, 6.45) is 7.58. The Balaban J connectivity index is 1.76. The minimum absolute atomic E-state index is 0.198. The number of benzene rings is 1. The molecule has 2 aromatic rings. The van der Waals surface area contributed by atoms with Crippen LogP contribution in [0.2, 0.25) is 5.02 Å². The molecule has 1 aromatic carbocycles. The lowest BCUT2D eigenvalue weighted by Gasteiger charge is -2.39. The molecule has 5 heteroatoms. The molecule has 1 aromatic heterocycles. The van der Waals surface area contributed by atoms with Gasteiger partial charge in [0.15, 0.2) is 5.82 Å². The smallest absolute Gasteiger partial charge is 0.165 e. The van der Waals surface area contributed by atoms with Crippen molar-refractivity contribution in [2.75, 3.05) is 13.1 Å². The Morgan fingerprint density at radius 2 is 1.83 bits per heavy atom.